The van der Waals surface area contributed by atoms with Crippen molar-refractivity contribution in [3.8, 4) is 22.8 Å². The van der Waals surface area contributed by atoms with E-state index in [1.165, 1.54) is 5.56 Å². The van der Waals surface area contributed by atoms with Crippen molar-refractivity contribution in [2.75, 3.05) is 27.4 Å². The average molecular weight is 315 g/mol. The molecule has 1 aromatic heterocycles. The Kier molecular flexibility index (Phi) is 4.67. The van der Waals surface area contributed by atoms with E-state index in [0.29, 0.717) is 19.0 Å². The van der Waals surface area contributed by atoms with Gasteiger partial charge in [0.25, 0.3) is 0 Å². The molecule has 0 saturated heterocycles. The normalized spacial score (nSPS) is 12.4. The van der Waals surface area contributed by atoms with Crippen LogP contribution in [0.5, 0.6) is 11.5 Å². The summed E-state index contributed by atoms with van der Waals surface area (Å²) in [6.45, 7) is 2.11. The SMILES string of the molecule is COCCCOc1cc2c(cc1OC)-c1cc(=O)ccn1CC2. The predicted octanol–water partition coefficient (Wildman–Crippen LogP) is 2.50. The first-order valence-corrected chi connectivity index (χ1v) is 7.76. The van der Waals surface area contributed by atoms with Crippen molar-refractivity contribution in [2.24, 2.45) is 0 Å². The number of pyridine rings is 1. The van der Waals surface area contributed by atoms with Crippen molar-refractivity contribution < 1.29 is 14.2 Å². The van der Waals surface area contributed by atoms with Crippen LogP contribution in [0.25, 0.3) is 11.3 Å². The molecule has 0 radical (unpaired) electrons. The van der Waals surface area contributed by atoms with Crippen LogP contribution >= 0.6 is 0 Å². The molecule has 0 unspecified atom stereocenters. The van der Waals surface area contributed by atoms with Crippen molar-refractivity contribution >= 4 is 0 Å². The van der Waals surface area contributed by atoms with E-state index in [4.69, 9.17) is 14.2 Å². The van der Waals surface area contributed by atoms with Gasteiger partial charge in [-0.3, -0.25) is 4.79 Å². The van der Waals surface area contributed by atoms with Crippen LogP contribution in [0.3, 0.4) is 0 Å². The van der Waals surface area contributed by atoms with Gasteiger partial charge in [0.2, 0.25) is 0 Å². The van der Waals surface area contributed by atoms with Gasteiger partial charge in [-0.1, -0.05) is 0 Å². The molecule has 3 rings (SSSR count). The first-order valence-electron chi connectivity index (χ1n) is 7.76. The van der Waals surface area contributed by atoms with Crippen molar-refractivity contribution in [1.82, 2.24) is 4.57 Å². The van der Waals surface area contributed by atoms with Crippen molar-refractivity contribution in [1.29, 1.82) is 0 Å². The third-order valence-electron chi connectivity index (χ3n) is 4.04. The minimum atomic E-state index is 0.0166. The van der Waals surface area contributed by atoms with Crippen LogP contribution in [-0.4, -0.2) is 32.0 Å². The van der Waals surface area contributed by atoms with Gasteiger partial charge in [0.05, 0.1) is 19.4 Å². The smallest absolute Gasteiger partial charge is 0.182 e. The molecule has 122 valence electrons. The van der Waals surface area contributed by atoms with Crippen LogP contribution in [0.2, 0.25) is 0 Å². The Labute approximate surface area is 135 Å². The number of rotatable bonds is 6. The Hall–Kier alpha value is -2.27. The molecule has 1 aromatic carbocycles. The van der Waals surface area contributed by atoms with Gasteiger partial charge < -0.3 is 18.8 Å². The quantitative estimate of drug-likeness (QED) is 0.769. The van der Waals surface area contributed by atoms with Gasteiger partial charge in [-0.25, -0.2) is 0 Å². The van der Waals surface area contributed by atoms with Gasteiger partial charge in [0.15, 0.2) is 16.9 Å². The second-order valence-corrected chi connectivity index (χ2v) is 5.55. The van der Waals surface area contributed by atoms with Crippen LogP contribution in [0.15, 0.2) is 35.3 Å². The molecule has 0 fully saturated rings. The Morgan fingerprint density at radius 3 is 2.78 bits per heavy atom. The zero-order valence-electron chi connectivity index (χ0n) is 13.5. The Bertz CT molecular complexity index is 751. The molecule has 1 aliphatic heterocycles. The van der Waals surface area contributed by atoms with Crippen LogP contribution < -0.4 is 14.9 Å². The number of hydrogen-bond donors (Lipinski definition) is 0. The van der Waals surface area contributed by atoms with Crippen LogP contribution in [0, 0.1) is 0 Å². The molecule has 5 heteroatoms. The zero-order valence-corrected chi connectivity index (χ0v) is 13.5. The molecular formula is C18H21NO4. The fourth-order valence-corrected chi connectivity index (χ4v) is 2.88. The Balaban J connectivity index is 1.94. The van der Waals surface area contributed by atoms with Crippen LogP contribution in [-0.2, 0) is 17.7 Å². The van der Waals surface area contributed by atoms with E-state index in [1.807, 2.05) is 18.3 Å². The summed E-state index contributed by atoms with van der Waals surface area (Å²) in [5.41, 5.74) is 3.17. The molecule has 0 amide bonds. The van der Waals surface area contributed by atoms with E-state index >= 15 is 0 Å². The summed E-state index contributed by atoms with van der Waals surface area (Å²) in [4.78, 5) is 11.7. The summed E-state index contributed by atoms with van der Waals surface area (Å²) in [5.74, 6) is 1.43. The molecule has 0 N–H and O–H groups in total. The maximum absolute atomic E-state index is 11.7. The predicted molar refractivity (Wildman–Crippen MR) is 88.4 cm³/mol. The van der Waals surface area contributed by atoms with E-state index in [9.17, 15) is 4.79 Å². The van der Waals surface area contributed by atoms with Gasteiger partial charge >= 0.3 is 0 Å². The maximum Gasteiger partial charge on any atom is 0.182 e. The standard InChI is InChI=1S/C18H21NO4/c1-21-8-3-9-23-18-10-13-4-6-19-7-5-14(20)11-16(19)15(13)12-17(18)22-2/h5,7,10-12H,3-4,6,8-9H2,1-2H3. The molecule has 0 aliphatic carbocycles. The fourth-order valence-electron chi connectivity index (χ4n) is 2.88. The minimum absolute atomic E-state index is 0.0166. The van der Waals surface area contributed by atoms with Gasteiger partial charge in [0, 0.05) is 50.6 Å². The lowest BCUT2D eigenvalue weighted by molar-refractivity contribution is 0.170. The molecule has 0 spiro atoms. The highest BCUT2D eigenvalue weighted by atomic mass is 16.5. The topological polar surface area (TPSA) is 49.7 Å². The van der Waals surface area contributed by atoms with Gasteiger partial charge in [-0.15, -0.1) is 0 Å². The second kappa shape index (κ2) is 6.87. The minimum Gasteiger partial charge on any atom is -0.493 e. The third kappa shape index (κ3) is 3.24. The molecule has 23 heavy (non-hydrogen) atoms. The van der Waals surface area contributed by atoms with E-state index in [-0.39, 0.29) is 5.43 Å². The summed E-state index contributed by atoms with van der Waals surface area (Å²) in [7, 11) is 3.31. The lowest BCUT2D eigenvalue weighted by Gasteiger charge is -2.24. The number of benzene rings is 1. The van der Waals surface area contributed by atoms with E-state index < -0.39 is 0 Å². The second-order valence-electron chi connectivity index (χ2n) is 5.55. The van der Waals surface area contributed by atoms with E-state index in [2.05, 4.69) is 4.57 Å². The summed E-state index contributed by atoms with van der Waals surface area (Å²) < 4.78 is 18.4. The highest BCUT2D eigenvalue weighted by molar-refractivity contribution is 5.70. The van der Waals surface area contributed by atoms with E-state index in [1.54, 1.807) is 26.4 Å². The highest BCUT2D eigenvalue weighted by Gasteiger charge is 2.19. The molecule has 1 aliphatic rings. The van der Waals surface area contributed by atoms with E-state index in [0.717, 1.165) is 36.4 Å². The summed E-state index contributed by atoms with van der Waals surface area (Å²) >= 11 is 0. The maximum atomic E-state index is 11.7. The fraction of sp³-hybridized carbons (Fsp3) is 0.389. The van der Waals surface area contributed by atoms with Crippen molar-refractivity contribution in [2.45, 2.75) is 19.4 Å². The molecule has 2 aromatic rings. The van der Waals surface area contributed by atoms with Crippen LogP contribution in [0.4, 0.5) is 0 Å². The number of aromatic nitrogens is 1. The van der Waals surface area contributed by atoms with Gasteiger partial charge in [0.1, 0.15) is 0 Å². The number of aryl methyl sites for hydroxylation is 2. The van der Waals surface area contributed by atoms with Gasteiger partial charge in [-0.05, 0) is 24.1 Å². The molecule has 0 saturated carbocycles. The average Bonchev–Trinajstić information content (AvgIpc) is 2.57. The summed E-state index contributed by atoms with van der Waals surface area (Å²) in [6, 6.07) is 7.27. The zero-order chi connectivity index (χ0) is 16.2. The number of methoxy groups -OCH3 is 2. The third-order valence-corrected chi connectivity index (χ3v) is 4.04. The number of ether oxygens (including phenoxy) is 3. The summed E-state index contributed by atoms with van der Waals surface area (Å²) in [6.07, 6.45) is 3.58. The monoisotopic (exact) mass is 315 g/mol. The largest absolute Gasteiger partial charge is 0.493 e. The molecule has 0 bridgehead atoms. The Morgan fingerprint density at radius 2 is 2.00 bits per heavy atom. The van der Waals surface area contributed by atoms with Crippen LogP contribution in [0.1, 0.15) is 12.0 Å². The first-order chi connectivity index (χ1) is 11.2. The molecule has 5 nitrogen and oxygen atoms in total. The van der Waals surface area contributed by atoms with Crippen molar-refractivity contribution in [3.05, 3.63) is 46.2 Å². The number of nitrogens with zero attached hydrogens (tertiary/aromatic N) is 1. The lowest BCUT2D eigenvalue weighted by Crippen LogP contribution is -2.16. The highest BCUT2D eigenvalue weighted by Crippen LogP contribution is 2.38. The molecular weight excluding hydrogens is 294 g/mol. The molecule has 2 heterocycles. The number of fused-ring (bicyclic) bond motifs is 3. The lowest BCUT2D eigenvalue weighted by atomic mass is 9.96. The molecule has 0 atom stereocenters. The summed E-state index contributed by atoms with van der Waals surface area (Å²) in [5, 5.41) is 0. The van der Waals surface area contributed by atoms with Gasteiger partial charge in [-0.2, -0.15) is 0 Å². The Morgan fingerprint density at radius 1 is 1.13 bits per heavy atom. The van der Waals surface area contributed by atoms with Crippen molar-refractivity contribution in [3.63, 3.8) is 0 Å². The first kappa shape index (κ1) is 15.6. The number of hydrogen-bond acceptors (Lipinski definition) is 4.